The average molecular weight is 307 g/mol. The topological polar surface area (TPSA) is 65.1 Å². The molecule has 0 bridgehead atoms. The van der Waals surface area contributed by atoms with E-state index in [0.717, 1.165) is 4.47 Å². The van der Waals surface area contributed by atoms with Crippen LogP contribution in [-0.4, -0.2) is 40.2 Å². The van der Waals surface area contributed by atoms with Crippen LogP contribution in [0.3, 0.4) is 0 Å². The summed E-state index contributed by atoms with van der Waals surface area (Å²) in [4.78, 5) is 14.6. The van der Waals surface area contributed by atoms with Gasteiger partial charge in [0.25, 0.3) is 5.91 Å². The second kappa shape index (κ2) is 6.32. The minimum absolute atomic E-state index is 0.0161. The van der Waals surface area contributed by atoms with Gasteiger partial charge in [-0.15, -0.1) is 0 Å². The van der Waals surface area contributed by atoms with Crippen molar-refractivity contribution in [1.29, 1.82) is 0 Å². The highest BCUT2D eigenvalue weighted by Crippen LogP contribution is 2.13. The second-order valence-corrected chi connectivity index (χ2v) is 5.44. The minimum Gasteiger partial charge on any atom is -0.395 e. The van der Waals surface area contributed by atoms with Gasteiger partial charge in [-0.25, -0.2) is 0 Å². The van der Waals surface area contributed by atoms with Crippen LogP contribution in [0.5, 0.6) is 0 Å². The molecule has 0 radical (unpaired) electrons. The fraction of sp³-hybridized carbons (Fsp3) is 0.500. The normalized spacial score (nSPS) is 14.5. The standard InChI is InChI=1S/C10H15BrN2O2S/c1-6(9(5-14)16-2)13-10(15)8-3-7(11)4-12-8/h3-4,6,9,12,14H,5H2,1-2H3,(H,13,15)/t6-,9-/m0/s1. The Bertz CT molecular complexity index is 352. The van der Waals surface area contributed by atoms with Crippen molar-refractivity contribution in [2.24, 2.45) is 0 Å². The molecule has 16 heavy (non-hydrogen) atoms. The van der Waals surface area contributed by atoms with Crippen LogP contribution in [0.4, 0.5) is 0 Å². The molecule has 0 saturated heterocycles. The Morgan fingerprint density at radius 2 is 2.44 bits per heavy atom. The molecule has 0 aliphatic rings. The molecule has 3 N–H and O–H groups in total. The highest BCUT2D eigenvalue weighted by atomic mass is 79.9. The molecule has 1 aromatic rings. The van der Waals surface area contributed by atoms with E-state index in [1.165, 1.54) is 11.8 Å². The molecule has 6 heteroatoms. The lowest BCUT2D eigenvalue weighted by atomic mass is 10.2. The summed E-state index contributed by atoms with van der Waals surface area (Å²) in [6.07, 6.45) is 3.62. The van der Waals surface area contributed by atoms with Crippen LogP contribution in [0, 0.1) is 0 Å². The lowest BCUT2D eigenvalue weighted by molar-refractivity contribution is 0.0931. The molecule has 1 amide bonds. The third kappa shape index (κ3) is 3.54. The molecular formula is C10H15BrN2O2S. The fourth-order valence-corrected chi connectivity index (χ4v) is 2.28. The number of amides is 1. The predicted octanol–water partition coefficient (Wildman–Crippen LogP) is 1.62. The number of aromatic nitrogens is 1. The van der Waals surface area contributed by atoms with Crippen molar-refractivity contribution in [2.45, 2.75) is 18.2 Å². The lowest BCUT2D eigenvalue weighted by Gasteiger charge is -2.20. The van der Waals surface area contributed by atoms with E-state index in [-0.39, 0.29) is 23.8 Å². The van der Waals surface area contributed by atoms with Crippen molar-refractivity contribution in [2.75, 3.05) is 12.9 Å². The summed E-state index contributed by atoms with van der Waals surface area (Å²) in [5.74, 6) is -0.161. The van der Waals surface area contributed by atoms with Crippen LogP contribution in [0.2, 0.25) is 0 Å². The molecule has 4 nitrogen and oxygen atoms in total. The van der Waals surface area contributed by atoms with Gasteiger partial charge in [0, 0.05) is 22.0 Å². The van der Waals surface area contributed by atoms with Crippen LogP contribution in [0.1, 0.15) is 17.4 Å². The van der Waals surface area contributed by atoms with Crippen molar-refractivity contribution in [3.05, 3.63) is 22.4 Å². The largest absolute Gasteiger partial charge is 0.395 e. The van der Waals surface area contributed by atoms with Crippen molar-refractivity contribution >= 4 is 33.6 Å². The lowest BCUT2D eigenvalue weighted by Crippen LogP contribution is -2.41. The molecule has 2 atom stereocenters. The van der Waals surface area contributed by atoms with Gasteiger partial charge in [0.1, 0.15) is 5.69 Å². The Balaban J connectivity index is 2.57. The summed E-state index contributed by atoms with van der Waals surface area (Å²) in [6, 6.07) is 1.64. The van der Waals surface area contributed by atoms with Gasteiger partial charge in [-0.05, 0) is 35.2 Å². The number of aromatic amines is 1. The zero-order valence-corrected chi connectivity index (χ0v) is 11.6. The second-order valence-electron chi connectivity index (χ2n) is 3.45. The summed E-state index contributed by atoms with van der Waals surface area (Å²) >= 11 is 4.80. The first-order chi connectivity index (χ1) is 7.58. The van der Waals surface area contributed by atoms with Crippen LogP contribution in [0.15, 0.2) is 16.7 Å². The van der Waals surface area contributed by atoms with Crippen LogP contribution in [-0.2, 0) is 0 Å². The van der Waals surface area contributed by atoms with Crippen LogP contribution in [0.25, 0.3) is 0 Å². The van der Waals surface area contributed by atoms with Gasteiger partial charge in [0.15, 0.2) is 0 Å². The Kier molecular flexibility index (Phi) is 5.37. The Hall–Kier alpha value is -0.460. The Labute approximate surface area is 107 Å². The number of carbonyl (C=O) groups is 1. The van der Waals surface area contributed by atoms with Gasteiger partial charge in [-0.2, -0.15) is 11.8 Å². The first-order valence-electron chi connectivity index (χ1n) is 4.87. The first-order valence-corrected chi connectivity index (χ1v) is 6.95. The van der Waals surface area contributed by atoms with E-state index in [9.17, 15) is 4.79 Å². The number of H-pyrrole nitrogens is 1. The maximum Gasteiger partial charge on any atom is 0.267 e. The number of hydrogen-bond acceptors (Lipinski definition) is 3. The summed E-state index contributed by atoms with van der Waals surface area (Å²) in [5, 5.41) is 12.0. The predicted molar refractivity (Wildman–Crippen MR) is 69.8 cm³/mol. The number of aliphatic hydroxyl groups excluding tert-OH is 1. The third-order valence-electron chi connectivity index (χ3n) is 2.29. The van der Waals surface area contributed by atoms with Crippen molar-refractivity contribution in [3.8, 4) is 0 Å². The van der Waals surface area contributed by atoms with Gasteiger partial charge in [0.2, 0.25) is 0 Å². The molecule has 0 spiro atoms. The van der Waals surface area contributed by atoms with Crippen LogP contribution >= 0.6 is 27.7 Å². The van der Waals surface area contributed by atoms with E-state index in [0.29, 0.717) is 5.69 Å². The molecule has 90 valence electrons. The number of rotatable bonds is 5. The molecule has 0 fully saturated rings. The first kappa shape index (κ1) is 13.6. The van der Waals surface area contributed by atoms with Gasteiger partial charge in [-0.3, -0.25) is 4.79 Å². The van der Waals surface area contributed by atoms with Crippen LogP contribution < -0.4 is 5.32 Å². The number of nitrogens with one attached hydrogen (secondary N) is 2. The molecule has 0 aliphatic heterocycles. The van der Waals surface area contributed by atoms with Gasteiger partial charge >= 0.3 is 0 Å². The number of halogens is 1. The molecule has 0 aromatic carbocycles. The highest BCUT2D eigenvalue weighted by Gasteiger charge is 2.18. The average Bonchev–Trinajstić information content (AvgIpc) is 2.66. The highest BCUT2D eigenvalue weighted by molar-refractivity contribution is 9.10. The number of aliphatic hydroxyl groups is 1. The van der Waals surface area contributed by atoms with Crippen molar-refractivity contribution in [1.82, 2.24) is 10.3 Å². The zero-order valence-electron chi connectivity index (χ0n) is 9.16. The summed E-state index contributed by atoms with van der Waals surface area (Å²) < 4.78 is 0.842. The van der Waals surface area contributed by atoms with Gasteiger partial charge in [-0.1, -0.05) is 0 Å². The summed E-state index contributed by atoms with van der Waals surface area (Å²) in [6.45, 7) is 1.93. The Morgan fingerprint density at radius 3 is 2.88 bits per heavy atom. The van der Waals surface area contributed by atoms with E-state index < -0.39 is 0 Å². The number of hydrogen-bond donors (Lipinski definition) is 3. The maximum atomic E-state index is 11.8. The maximum absolute atomic E-state index is 11.8. The zero-order chi connectivity index (χ0) is 12.1. The monoisotopic (exact) mass is 306 g/mol. The van der Waals surface area contributed by atoms with E-state index in [4.69, 9.17) is 5.11 Å². The van der Waals surface area contributed by atoms with Crippen molar-refractivity contribution < 1.29 is 9.90 Å². The molecule has 1 heterocycles. The third-order valence-corrected chi connectivity index (χ3v) is 3.91. The molecule has 0 saturated carbocycles. The number of carbonyl (C=O) groups excluding carboxylic acids is 1. The van der Waals surface area contributed by atoms with Gasteiger partial charge in [0.05, 0.1) is 6.61 Å². The molecular weight excluding hydrogens is 292 g/mol. The minimum atomic E-state index is -0.161. The van der Waals surface area contributed by atoms with E-state index in [1.807, 2.05) is 13.2 Å². The van der Waals surface area contributed by atoms with E-state index >= 15 is 0 Å². The number of thioether (sulfide) groups is 1. The summed E-state index contributed by atoms with van der Waals surface area (Å²) in [7, 11) is 0. The SMILES string of the molecule is CS[C@@H](CO)[C@H](C)NC(=O)c1cc(Br)c[nH]1. The fourth-order valence-electron chi connectivity index (χ4n) is 1.31. The van der Waals surface area contributed by atoms with E-state index in [1.54, 1.807) is 12.3 Å². The van der Waals surface area contributed by atoms with Crippen molar-refractivity contribution in [3.63, 3.8) is 0 Å². The Morgan fingerprint density at radius 1 is 1.75 bits per heavy atom. The molecule has 0 aliphatic carbocycles. The molecule has 0 unspecified atom stereocenters. The smallest absolute Gasteiger partial charge is 0.267 e. The molecule has 1 rings (SSSR count). The molecule has 1 aromatic heterocycles. The van der Waals surface area contributed by atoms with Gasteiger partial charge < -0.3 is 15.4 Å². The van der Waals surface area contributed by atoms with E-state index in [2.05, 4.69) is 26.2 Å². The quantitative estimate of drug-likeness (QED) is 0.774. The summed E-state index contributed by atoms with van der Waals surface area (Å²) in [5.41, 5.74) is 0.511.